The Balaban J connectivity index is 2.35. The number of nitro benzene ring substituents is 1. The van der Waals surface area contributed by atoms with Crippen LogP contribution in [0, 0.1) is 10.1 Å². The van der Waals surface area contributed by atoms with Crippen LogP contribution in [0.5, 0.6) is 5.75 Å². The van der Waals surface area contributed by atoms with Crippen molar-refractivity contribution in [3.8, 4) is 5.75 Å². The van der Waals surface area contributed by atoms with E-state index >= 15 is 0 Å². The molecule has 0 aromatic heterocycles. The molecule has 0 aliphatic carbocycles. The van der Waals surface area contributed by atoms with Crippen molar-refractivity contribution in [2.24, 2.45) is 0 Å². The standard InChI is InChI=1S/C11H14N2O5S/c1-19(16,17)9-2-3-11(10(6-9)13(14)15)18-8-4-5-12-7-8/h2-3,6,8,12H,4-5,7H2,1H3. The van der Waals surface area contributed by atoms with Gasteiger partial charge in [-0.1, -0.05) is 0 Å². The normalized spacial score (nSPS) is 19.3. The van der Waals surface area contributed by atoms with E-state index < -0.39 is 14.8 Å². The molecular formula is C11H14N2O5S. The Morgan fingerprint density at radius 2 is 2.21 bits per heavy atom. The first kappa shape index (κ1) is 13.8. The number of nitrogens with one attached hydrogen (secondary N) is 1. The maximum Gasteiger partial charge on any atom is 0.312 e. The first-order chi connectivity index (χ1) is 8.88. The van der Waals surface area contributed by atoms with Gasteiger partial charge in [-0.15, -0.1) is 0 Å². The van der Waals surface area contributed by atoms with Crippen molar-refractivity contribution in [1.82, 2.24) is 5.32 Å². The maximum atomic E-state index is 11.4. The van der Waals surface area contributed by atoms with Gasteiger partial charge in [0.15, 0.2) is 15.6 Å². The molecule has 1 heterocycles. The number of hydrogen-bond acceptors (Lipinski definition) is 6. The molecule has 104 valence electrons. The molecule has 1 fully saturated rings. The van der Waals surface area contributed by atoms with Crippen molar-refractivity contribution in [2.75, 3.05) is 19.3 Å². The fourth-order valence-electron chi connectivity index (χ4n) is 1.88. The Bertz CT molecular complexity index is 593. The van der Waals surface area contributed by atoms with Crippen molar-refractivity contribution >= 4 is 15.5 Å². The van der Waals surface area contributed by atoms with Crippen LogP contribution in [0.1, 0.15) is 6.42 Å². The molecule has 1 N–H and O–H groups in total. The molecule has 1 atom stereocenters. The summed E-state index contributed by atoms with van der Waals surface area (Å²) in [5.41, 5.74) is -0.324. The van der Waals surface area contributed by atoms with Crippen LogP contribution >= 0.6 is 0 Å². The molecule has 1 aromatic rings. The highest BCUT2D eigenvalue weighted by molar-refractivity contribution is 7.90. The number of rotatable bonds is 4. The molecule has 1 aromatic carbocycles. The summed E-state index contributed by atoms with van der Waals surface area (Å²) in [6.07, 6.45) is 1.65. The third-order valence-electron chi connectivity index (χ3n) is 2.86. The summed E-state index contributed by atoms with van der Waals surface area (Å²) in [4.78, 5) is 10.3. The largest absolute Gasteiger partial charge is 0.482 e. The zero-order valence-corrected chi connectivity index (χ0v) is 11.1. The minimum atomic E-state index is -3.48. The lowest BCUT2D eigenvalue weighted by Crippen LogP contribution is -2.20. The van der Waals surface area contributed by atoms with Crippen molar-refractivity contribution < 1.29 is 18.1 Å². The minimum Gasteiger partial charge on any atom is -0.482 e. The number of ether oxygens (including phenoxy) is 1. The molecule has 0 radical (unpaired) electrons. The monoisotopic (exact) mass is 286 g/mol. The first-order valence-electron chi connectivity index (χ1n) is 5.74. The van der Waals surface area contributed by atoms with Gasteiger partial charge in [-0.25, -0.2) is 8.42 Å². The van der Waals surface area contributed by atoms with E-state index in [2.05, 4.69) is 5.32 Å². The van der Waals surface area contributed by atoms with Crippen molar-refractivity contribution in [1.29, 1.82) is 0 Å². The van der Waals surface area contributed by atoms with Gasteiger partial charge in [-0.2, -0.15) is 0 Å². The summed E-state index contributed by atoms with van der Waals surface area (Å²) in [5, 5.41) is 14.1. The molecule has 1 aliphatic rings. The molecule has 1 unspecified atom stereocenters. The fraction of sp³-hybridized carbons (Fsp3) is 0.455. The molecule has 0 saturated carbocycles. The van der Waals surface area contributed by atoms with Crippen LogP contribution in [-0.4, -0.2) is 38.8 Å². The molecule has 19 heavy (non-hydrogen) atoms. The summed E-state index contributed by atoms with van der Waals surface area (Å²) >= 11 is 0. The molecule has 8 heteroatoms. The predicted octanol–water partition coefficient (Wildman–Crippen LogP) is 0.739. The lowest BCUT2D eigenvalue weighted by atomic mass is 10.2. The molecule has 2 rings (SSSR count). The van der Waals surface area contributed by atoms with Gasteiger partial charge in [0, 0.05) is 18.9 Å². The van der Waals surface area contributed by atoms with E-state index in [4.69, 9.17) is 4.74 Å². The Kier molecular flexibility index (Phi) is 3.72. The molecule has 0 bridgehead atoms. The second-order valence-corrected chi connectivity index (χ2v) is 6.41. The molecule has 1 saturated heterocycles. The van der Waals surface area contributed by atoms with Crippen molar-refractivity contribution in [3.63, 3.8) is 0 Å². The van der Waals surface area contributed by atoms with Crippen LogP contribution in [0.2, 0.25) is 0 Å². The SMILES string of the molecule is CS(=O)(=O)c1ccc(OC2CCNC2)c([N+](=O)[O-])c1. The average Bonchev–Trinajstić information content (AvgIpc) is 2.80. The Morgan fingerprint density at radius 1 is 1.47 bits per heavy atom. The number of hydrogen-bond donors (Lipinski definition) is 1. The average molecular weight is 286 g/mol. The zero-order valence-electron chi connectivity index (χ0n) is 10.3. The Labute approximate surface area is 110 Å². The van der Waals surface area contributed by atoms with Crippen LogP contribution in [0.15, 0.2) is 23.1 Å². The molecule has 1 aliphatic heterocycles. The van der Waals surface area contributed by atoms with E-state index in [0.29, 0.717) is 6.54 Å². The second kappa shape index (κ2) is 5.14. The summed E-state index contributed by atoms with van der Waals surface area (Å²) in [5.74, 6) is 0.103. The van der Waals surface area contributed by atoms with Gasteiger partial charge in [0.25, 0.3) is 0 Å². The van der Waals surface area contributed by atoms with E-state index in [1.807, 2.05) is 0 Å². The van der Waals surface area contributed by atoms with Gasteiger partial charge in [0.05, 0.1) is 9.82 Å². The molecule has 0 spiro atoms. The van der Waals surface area contributed by atoms with E-state index in [-0.39, 0.29) is 22.4 Å². The minimum absolute atomic E-state index is 0.0869. The lowest BCUT2D eigenvalue weighted by Gasteiger charge is -2.12. The van der Waals surface area contributed by atoms with Crippen LogP contribution in [0.4, 0.5) is 5.69 Å². The number of benzene rings is 1. The van der Waals surface area contributed by atoms with E-state index in [9.17, 15) is 18.5 Å². The fourth-order valence-corrected chi connectivity index (χ4v) is 2.52. The van der Waals surface area contributed by atoms with Crippen LogP contribution < -0.4 is 10.1 Å². The molecule has 0 amide bonds. The molecular weight excluding hydrogens is 272 g/mol. The van der Waals surface area contributed by atoms with E-state index in [1.165, 1.54) is 12.1 Å². The maximum absolute atomic E-state index is 11.4. The van der Waals surface area contributed by atoms with Gasteiger partial charge < -0.3 is 10.1 Å². The van der Waals surface area contributed by atoms with Crippen molar-refractivity contribution in [2.45, 2.75) is 17.4 Å². The third-order valence-corrected chi connectivity index (χ3v) is 3.97. The van der Waals surface area contributed by atoms with Gasteiger partial charge in [-0.3, -0.25) is 10.1 Å². The van der Waals surface area contributed by atoms with Gasteiger partial charge in [0.1, 0.15) is 6.10 Å². The second-order valence-electron chi connectivity index (χ2n) is 4.39. The highest BCUT2D eigenvalue weighted by Gasteiger charge is 2.23. The predicted molar refractivity (Wildman–Crippen MR) is 68.1 cm³/mol. The Morgan fingerprint density at radius 3 is 2.74 bits per heavy atom. The smallest absolute Gasteiger partial charge is 0.312 e. The number of nitrogens with zero attached hydrogens (tertiary/aromatic N) is 1. The van der Waals surface area contributed by atoms with E-state index in [1.54, 1.807) is 0 Å². The summed E-state index contributed by atoms with van der Waals surface area (Å²) < 4.78 is 28.3. The van der Waals surface area contributed by atoms with Crippen LogP contribution in [0.25, 0.3) is 0 Å². The van der Waals surface area contributed by atoms with Gasteiger partial charge in [0.2, 0.25) is 0 Å². The topological polar surface area (TPSA) is 98.5 Å². The Hall–Kier alpha value is -1.67. The zero-order chi connectivity index (χ0) is 14.0. The highest BCUT2D eigenvalue weighted by atomic mass is 32.2. The summed E-state index contributed by atoms with van der Waals surface area (Å²) in [6, 6.07) is 3.69. The quantitative estimate of drug-likeness (QED) is 0.647. The van der Waals surface area contributed by atoms with E-state index in [0.717, 1.165) is 25.3 Å². The van der Waals surface area contributed by atoms with Crippen molar-refractivity contribution in [3.05, 3.63) is 28.3 Å². The number of nitro groups is 1. The van der Waals surface area contributed by atoms with Gasteiger partial charge >= 0.3 is 5.69 Å². The van der Waals surface area contributed by atoms with Gasteiger partial charge in [-0.05, 0) is 25.1 Å². The third kappa shape index (κ3) is 3.21. The number of sulfone groups is 1. The lowest BCUT2D eigenvalue weighted by molar-refractivity contribution is -0.386. The summed E-state index contributed by atoms with van der Waals surface area (Å²) in [6.45, 7) is 1.44. The highest BCUT2D eigenvalue weighted by Crippen LogP contribution is 2.31. The summed E-state index contributed by atoms with van der Waals surface area (Å²) in [7, 11) is -3.48. The van der Waals surface area contributed by atoms with Crippen LogP contribution in [-0.2, 0) is 9.84 Å². The first-order valence-corrected chi connectivity index (χ1v) is 7.63. The molecule has 7 nitrogen and oxygen atoms in total. The van der Waals surface area contributed by atoms with Crippen LogP contribution in [0.3, 0.4) is 0 Å².